The van der Waals surface area contributed by atoms with Crippen molar-refractivity contribution in [2.45, 2.75) is 39.8 Å². The summed E-state index contributed by atoms with van der Waals surface area (Å²) < 4.78 is 0. The largest absolute Gasteiger partial charge is 0.392 e. The van der Waals surface area contributed by atoms with Crippen LogP contribution in [0.15, 0.2) is 54.6 Å². The molecule has 2 rings (SSSR count). The van der Waals surface area contributed by atoms with Crippen LogP contribution < -0.4 is 16.0 Å². The molecule has 1 unspecified atom stereocenters. The highest BCUT2D eigenvalue weighted by Crippen LogP contribution is 2.09. The van der Waals surface area contributed by atoms with Crippen LogP contribution in [0.4, 0.5) is 5.69 Å². The second kappa shape index (κ2) is 13.9. The Labute approximate surface area is 177 Å². The predicted molar refractivity (Wildman–Crippen MR) is 118 cm³/mol. The zero-order valence-corrected chi connectivity index (χ0v) is 17.7. The fraction of sp³-hybridized carbons (Fsp3) is 0.348. The van der Waals surface area contributed by atoms with Crippen LogP contribution in [0.25, 0.3) is 0 Å². The molecule has 7 heteroatoms. The number of anilines is 1. The van der Waals surface area contributed by atoms with Gasteiger partial charge < -0.3 is 21.1 Å². The summed E-state index contributed by atoms with van der Waals surface area (Å²) in [7, 11) is 0. The lowest BCUT2D eigenvalue weighted by atomic mass is 10.1. The standard InChI is InChI=1S/C13H19NO.C10H12N2O3/c1-10(2)11(3)14-13(15)9-12-7-5-4-6-8-12;13-6-8-1-3-9(4-2-8)12-10(15)5-11-7-14/h4-8,10-11H,9H2,1-3H3,(H,14,15);1-4,7,13H,5-6H2,(H,11,14)(H,12,15). The zero-order valence-electron chi connectivity index (χ0n) is 17.7. The van der Waals surface area contributed by atoms with Crippen LogP contribution in [0.1, 0.15) is 31.9 Å². The third-order valence-corrected chi connectivity index (χ3v) is 4.36. The summed E-state index contributed by atoms with van der Waals surface area (Å²) in [6.07, 6.45) is 0.937. The summed E-state index contributed by atoms with van der Waals surface area (Å²) in [5.74, 6) is 0.283. The smallest absolute Gasteiger partial charge is 0.243 e. The van der Waals surface area contributed by atoms with Gasteiger partial charge in [-0.3, -0.25) is 14.4 Å². The highest BCUT2D eigenvalue weighted by Gasteiger charge is 2.10. The molecule has 0 aliphatic rings. The number of hydrogen-bond acceptors (Lipinski definition) is 4. The van der Waals surface area contributed by atoms with Crippen molar-refractivity contribution < 1.29 is 19.5 Å². The molecule has 30 heavy (non-hydrogen) atoms. The van der Waals surface area contributed by atoms with E-state index in [1.54, 1.807) is 24.3 Å². The lowest BCUT2D eigenvalue weighted by Gasteiger charge is -2.17. The lowest BCUT2D eigenvalue weighted by molar-refractivity contribution is -0.121. The van der Waals surface area contributed by atoms with Gasteiger partial charge in [-0.1, -0.05) is 56.3 Å². The predicted octanol–water partition coefficient (Wildman–Crippen LogP) is 2.25. The SMILES string of the molecule is CC(C)C(C)NC(=O)Cc1ccccc1.O=CNCC(=O)Nc1ccc(CO)cc1. The van der Waals surface area contributed by atoms with Gasteiger partial charge >= 0.3 is 0 Å². The Hall–Kier alpha value is -3.19. The van der Waals surface area contributed by atoms with Crippen LogP contribution in [-0.4, -0.2) is 35.9 Å². The third kappa shape index (κ3) is 10.4. The van der Waals surface area contributed by atoms with Crippen molar-refractivity contribution in [2.24, 2.45) is 5.92 Å². The molecule has 0 saturated carbocycles. The number of aliphatic hydroxyl groups is 1. The summed E-state index contributed by atoms with van der Waals surface area (Å²) >= 11 is 0. The first-order valence-electron chi connectivity index (χ1n) is 9.85. The molecule has 0 fully saturated rings. The average molecular weight is 414 g/mol. The maximum absolute atomic E-state index is 11.6. The van der Waals surface area contributed by atoms with Gasteiger partial charge in [0, 0.05) is 11.7 Å². The fourth-order valence-corrected chi connectivity index (χ4v) is 2.29. The van der Waals surface area contributed by atoms with Gasteiger partial charge in [0.05, 0.1) is 19.6 Å². The molecule has 2 aromatic rings. The molecule has 0 spiro atoms. The van der Waals surface area contributed by atoms with Gasteiger partial charge in [0.1, 0.15) is 0 Å². The van der Waals surface area contributed by atoms with Crippen LogP contribution in [-0.2, 0) is 27.4 Å². The van der Waals surface area contributed by atoms with Crippen molar-refractivity contribution in [3.8, 4) is 0 Å². The van der Waals surface area contributed by atoms with Crippen molar-refractivity contribution >= 4 is 23.9 Å². The number of carbonyl (C=O) groups is 3. The van der Waals surface area contributed by atoms with Crippen molar-refractivity contribution in [3.63, 3.8) is 0 Å². The van der Waals surface area contributed by atoms with E-state index in [4.69, 9.17) is 5.11 Å². The Balaban J connectivity index is 0.000000300. The topological polar surface area (TPSA) is 108 Å². The van der Waals surface area contributed by atoms with Crippen LogP contribution in [0, 0.1) is 5.92 Å². The number of aliphatic hydroxyl groups excluding tert-OH is 1. The van der Waals surface area contributed by atoms with E-state index in [-0.39, 0.29) is 31.0 Å². The van der Waals surface area contributed by atoms with Crippen molar-refractivity contribution in [1.82, 2.24) is 10.6 Å². The highest BCUT2D eigenvalue weighted by atomic mass is 16.3. The zero-order chi connectivity index (χ0) is 22.4. The molecule has 0 bridgehead atoms. The van der Waals surface area contributed by atoms with E-state index in [0.717, 1.165) is 11.1 Å². The van der Waals surface area contributed by atoms with Crippen molar-refractivity contribution in [2.75, 3.05) is 11.9 Å². The van der Waals surface area contributed by atoms with E-state index in [1.165, 1.54) is 0 Å². The lowest BCUT2D eigenvalue weighted by Crippen LogP contribution is -2.36. The van der Waals surface area contributed by atoms with Crippen molar-refractivity contribution in [3.05, 3.63) is 65.7 Å². The summed E-state index contributed by atoms with van der Waals surface area (Å²) in [6.45, 7) is 6.17. The second-order valence-corrected chi connectivity index (χ2v) is 7.16. The van der Waals surface area contributed by atoms with E-state index in [2.05, 4.69) is 29.8 Å². The number of nitrogens with one attached hydrogen (secondary N) is 3. The minimum absolute atomic E-state index is 0.0269. The molecule has 162 valence electrons. The number of rotatable bonds is 9. The monoisotopic (exact) mass is 413 g/mol. The first-order valence-corrected chi connectivity index (χ1v) is 9.85. The number of carbonyl (C=O) groups excluding carboxylic acids is 3. The maximum Gasteiger partial charge on any atom is 0.243 e. The van der Waals surface area contributed by atoms with Crippen LogP contribution in [0.5, 0.6) is 0 Å². The molecule has 0 aliphatic heterocycles. The second-order valence-electron chi connectivity index (χ2n) is 7.16. The summed E-state index contributed by atoms with van der Waals surface area (Å²) in [5, 5.41) is 16.6. The highest BCUT2D eigenvalue weighted by molar-refractivity contribution is 5.93. The molecule has 2 aromatic carbocycles. The first-order chi connectivity index (χ1) is 14.3. The van der Waals surface area contributed by atoms with Crippen LogP contribution in [0.3, 0.4) is 0 Å². The minimum atomic E-state index is -0.293. The summed E-state index contributed by atoms with van der Waals surface area (Å²) in [5.41, 5.74) is 2.47. The maximum atomic E-state index is 11.6. The van der Waals surface area contributed by atoms with Gasteiger partial charge in [-0.25, -0.2) is 0 Å². The van der Waals surface area contributed by atoms with Crippen LogP contribution in [0.2, 0.25) is 0 Å². The Morgan fingerprint density at radius 1 is 0.933 bits per heavy atom. The molecule has 0 aliphatic carbocycles. The van der Waals surface area contributed by atoms with E-state index in [0.29, 0.717) is 24.4 Å². The van der Waals surface area contributed by atoms with Gasteiger partial charge in [-0.15, -0.1) is 0 Å². The molecular formula is C23H31N3O4. The van der Waals surface area contributed by atoms with Gasteiger partial charge in [0.25, 0.3) is 0 Å². The molecule has 0 aromatic heterocycles. The Morgan fingerprint density at radius 2 is 1.57 bits per heavy atom. The minimum Gasteiger partial charge on any atom is -0.392 e. The Bertz CT molecular complexity index is 777. The molecule has 0 saturated heterocycles. The van der Waals surface area contributed by atoms with Gasteiger partial charge in [-0.05, 0) is 36.1 Å². The Kier molecular flexibility index (Phi) is 11.5. The van der Waals surface area contributed by atoms with E-state index < -0.39 is 0 Å². The summed E-state index contributed by atoms with van der Waals surface area (Å²) in [6, 6.07) is 16.8. The van der Waals surface area contributed by atoms with E-state index >= 15 is 0 Å². The van der Waals surface area contributed by atoms with Gasteiger partial charge in [-0.2, -0.15) is 0 Å². The molecule has 0 radical (unpaired) electrons. The number of hydrogen-bond donors (Lipinski definition) is 4. The van der Waals surface area contributed by atoms with E-state index in [9.17, 15) is 14.4 Å². The first kappa shape index (κ1) is 24.8. The fourth-order valence-electron chi connectivity index (χ4n) is 2.29. The van der Waals surface area contributed by atoms with Gasteiger partial charge in [0.2, 0.25) is 18.2 Å². The van der Waals surface area contributed by atoms with Crippen LogP contribution >= 0.6 is 0 Å². The molecular weight excluding hydrogens is 382 g/mol. The van der Waals surface area contributed by atoms with E-state index in [1.807, 2.05) is 37.3 Å². The molecule has 4 N–H and O–H groups in total. The third-order valence-electron chi connectivity index (χ3n) is 4.36. The normalized spacial score (nSPS) is 11.0. The molecule has 0 heterocycles. The van der Waals surface area contributed by atoms with Crippen molar-refractivity contribution in [1.29, 1.82) is 0 Å². The number of amides is 3. The molecule has 7 nitrogen and oxygen atoms in total. The Morgan fingerprint density at radius 3 is 2.10 bits per heavy atom. The molecule has 3 amide bonds. The number of benzene rings is 2. The average Bonchev–Trinajstić information content (AvgIpc) is 2.73. The van der Waals surface area contributed by atoms with Gasteiger partial charge in [0.15, 0.2) is 0 Å². The quantitative estimate of drug-likeness (QED) is 0.473. The summed E-state index contributed by atoms with van der Waals surface area (Å²) in [4.78, 5) is 32.7. The molecule has 1 atom stereocenters.